The molecule has 0 aliphatic rings. The lowest BCUT2D eigenvalue weighted by Gasteiger charge is -2.20. The Morgan fingerprint density at radius 3 is 2.30 bits per heavy atom. The summed E-state index contributed by atoms with van der Waals surface area (Å²) in [4.78, 5) is 24.4. The molecule has 20 heavy (non-hydrogen) atoms. The molecule has 1 amide bonds. The third kappa shape index (κ3) is 5.84. The van der Waals surface area contributed by atoms with Crippen molar-refractivity contribution in [3.63, 3.8) is 0 Å². The van der Waals surface area contributed by atoms with E-state index in [0.717, 1.165) is 25.7 Å². The van der Waals surface area contributed by atoms with Gasteiger partial charge in [-0.15, -0.1) is 0 Å². The molecule has 1 rings (SSSR count). The molecule has 0 bridgehead atoms. The van der Waals surface area contributed by atoms with Gasteiger partial charge in [-0.2, -0.15) is 0 Å². The number of benzene rings is 1. The van der Waals surface area contributed by atoms with E-state index < -0.39 is 5.97 Å². The van der Waals surface area contributed by atoms with Gasteiger partial charge in [0.2, 0.25) is 5.91 Å². The van der Waals surface area contributed by atoms with Crippen LogP contribution in [0.4, 0.5) is 5.69 Å². The van der Waals surface area contributed by atoms with Crippen LogP contribution in [0.5, 0.6) is 0 Å². The third-order valence-electron chi connectivity index (χ3n) is 3.01. The van der Waals surface area contributed by atoms with E-state index in [1.807, 2.05) is 6.07 Å². The topological polar surface area (TPSA) is 83.6 Å². The van der Waals surface area contributed by atoms with Gasteiger partial charge in [-0.05, 0) is 31.5 Å². The van der Waals surface area contributed by atoms with E-state index in [1.54, 1.807) is 24.3 Å². The van der Waals surface area contributed by atoms with Gasteiger partial charge in [0, 0.05) is 12.1 Å². The second kappa shape index (κ2) is 9.09. The molecular weight excluding hydrogens is 256 g/mol. The minimum Gasteiger partial charge on any atom is -0.480 e. The number of unbranched alkanes of at least 4 members (excludes halogenated alkanes) is 3. The molecule has 0 aromatic heterocycles. The molecule has 0 aliphatic carbocycles. The van der Waals surface area contributed by atoms with Gasteiger partial charge < -0.3 is 15.7 Å². The first-order chi connectivity index (χ1) is 9.65. The van der Waals surface area contributed by atoms with Crippen molar-refractivity contribution < 1.29 is 14.7 Å². The van der Waals surface area contributed by atoms with E-state index in [1.165, 1.54) is 4.90 Å². The zero-order chi connectivity index (χ0) is 14.8. The molecule has 3 N–H and O–H groups in total. The lowest BCUT2D eigenvalue weighted by molar-refractivity contribution is -0.136. The first-order valence-corrected chi connectivity index (χ1v) is 6.92. The smallest absolute Gasteiger partial charge is 0.323 e. The Hall–Kier alpha value is -1.88. The van der Waals surface area contributed by atoms with Crippen molar-refractivity contribution in [2.24, 2.45) is 5.73 Å². The number of hydrogen-bond donors (Lipinski definition) is 2. The van der Waals surface area contributed by atoms with E-state index in [2.05, 4.69) is 0 Å². The number of carbonyl (C=O) groups excluding carboxylic acids is 1. The largest absolute Gasteiger partial charge is 0.480 e. The lowest BCUT2D eigenvalue weighted by Crippen LogP contribution is -2.35. The Bertz CT molecular complexity index is 420. The number of para-hydroxylation sites is 1. The zero-order valence-corrected chi connectivity index (χ0v) is 11.6. The van der Waals surface area contributed by atoms with Gasteiger partial charge in [-0.1, -0.05) is 31.0 Å². The molecule has 0 radical (unpaired) electrons. The van der Waals surface area contributed by atoms with Gasteiger partial charge in [-0.25, -0.2) is 0 Å². The number of nitrogens with two attached hydrogens (primary N) is 1. The van der Waals surface area contributed by atoms with Crippen LogP contribution in [0.15, 0.2) is 30.3 Å². The highest BCUT2D eigenvalue weighted by Gasteiger charge is 2.17. The molecule has 0 unspecified atom stereocenters. The van der Waals surface area contributed by atoms with Crippen LogP contribution in [0.2, 0.25) is 0 Å². The molecule has 0 spiro atoms. The zero-order valence-electron chi connectivity index (χ0n) is 11.6. The van der Waals surface area contributed by atoms with Crippen molar-refractivity contribution in [1.82, 2.24) is 0 Å². The minimum absolute atomic E-state index is 0.147. The maximum absolute atomic E-state index is 12.1. The fourth-order valence-corrected chi connectivity index (χ4v) is 1.98. The second-order valence-electron chi connectivity index (χ2n) is 4.66. The first-order valence-electron chi connectivity index (χ1n) is 6.92. The van der Waals surface area contributed by atoms with Crippen molar-refractivity contribution in [1.29, 1.82) is 0 Å². The van der Waals surface area contributed by atoms with Crippen LogP contribution < -0.4 is 10.6 Å². The van der Waals surface area contributed by atoms with E-state index >= 15 is 0 Å². The fraction of sp³-hybridized carbons (Fsp3) is 0.467. The molecule has 0 atom stereocenters. The summed E-state index contributed by atoms with van der Waals surface area (Å²) in [5, 5.41) is 8.93. The number of aliphatic carboxylic acids is 1. The third-order valence-corrected chi connectivity index (χ3v) is 3.01. The Balaban J connectivity index is 2.55. The summed E-state index contributed by atoms with van der Waals surface area (Å²) in [6.45, 7) is 0.370. The first kappa shape index (κ1) is 16.2. The average Bonchev–Trinajstić information content (AvgIpc) is 2.45. The molecule has 0 fully saturated rings. The SMILES string of the molecule is NCCCCCCC(=O)N(CC(=O)O)c1ccccc1. The monoisotopic (exact) mass is 278 g/mol. The van der Waals surface area contributed by atoms with Crippen LogP contribution >= 0.6 is 0 Å². The molecule has 0 heterocycles. The minimum atomic E-state index is -1.01. The molecule has 0 saturated carbocycles. The average molecular weight is 278 g/mol. The predicted molar refractivity (Wildman–Crippen MR) is 78.6 cm³/mol. The Kier molecular flexibility index (Phi) is 7.35. The molecule has 0 aliphatic heterocycles. The number of nitrogens with zero attached hydrogens (tertiary/aromatic N) is 1. The lowest BCUT2D eigenvalue weighted by atomic mass is 10.1. The summed E-state index contributed by atoms with van der Waals surface area (Å²) >= 11 is 0. The van der Waals surface area contributed by atoms with E-state index in [4.69, 9.17) is 10.8 Å². The van der Waals surface area contributed by atoms with Crippen LogP contribution in [0.25, 0.3) is 0 Å². The normalized spacial score (nSPS) is 10.2. The summed E-state index contributed by atoms with van der Waals surface area (Å²) in [5.41, 5.74) is 6.04. The van der Waals surface area contributed by atoms with Crippen LogP contribution in [0.3, 0.4) is 0 Å². The maximum Gasteiger partial charge on any atom is 0.323 e. The molecule has 5 nitrogen and oxygen atoms in total. The van der Waals surface area contributed by atoms with Crippen LogP contribution in [0, 0.1) is 0 Å². The Morgan fingerprint density at radius 2 is 1.70 bits per heavy atom. The fourth-order valence-electron chi connectivity index (χ4n) is 1.98. The Labute approximate surface area is 119 Å². The number of amides is 1. The van der Waals surface area contributed by atoms with Gasteiger partial charge in [-0.3, -0.25) is 9.59 Å². The van der Waals surface area contributed by atoms with Crippen molar-refractivity contribution in [3.05, 3.63) is 30.3 Å². The second-order valence-corrected chi connectivity index (χ2v) is 4.66. The number of carbonyl (C=O) groups is 2. The maximum atomic E-state index is 12.1. The number of rotatable bonds is 9. The van der Waals surface area contributed by atoms with Crippen LogP contribution in [-0.2, 0) is 9.59 Å². The van der Waals surface area contributed by atoms with E-state index in [0.29, 0.717) is 18.7 Å². The van der Waals surface area contributed by atoms with Gasteiger partial charge in [0.15, 0.2) is 0 Å². The van der Waals surface area contributed by atoms with Crippen molar-refractivity contribution >= 4 is 17.6 Å². The summed E-state index contributed by atoms with van der Waals surface area (Å²) < 4.78 is 0. The van der Waals surface area contributed by atoms with Crippen LogP contribution in [0.1, 0.15) is 32.1 Å². The van der Waals surface area contributed by atoms with E-state index in [-0.39, 0.29) is 12.5 Å². The van der Waals surface area contributed by atoms with Gasteiger partial charge in [0.1, 0.15) is 6.54 Å². The molecule has 1 aromatic rings. The summed E-state index contributed by atoms with van der Waals surface area (Å²) in [6, 6.07) is 8.90. The Morgan fingerprint density at radius 1 is 1.05 bits per heavy atom. The molecule has 110 valence electrons. The van der Waals surface area contributed by atoms with Gasteiger partial charge in [0.25, 0.3) is 0 Å². The summed E-state index contributed by atoms with van der Waals surface area (Å²) in [7, 11) is 0. The molecule has 1 aromatic carbocycles. The quantitative estimate of drug-likeness (QED) is 0.677. The van der Waals surface area contributed by atoms with Gasteiger partial charge in [0.05, 0.1) is 0 Å². The summed E-state index contributed by atoms with van der Waals surface area (Å²) in [5.74, 6) is -1.16. The summed E-state index contributed by atoms with van der Waals surface area (Å²) in [6.07, 6.45) is 4.05. The number of anilines is 1. The van der Waals surface area contributed by atoms with Crippen molar-refractivity contribution in [2.45, 2.75) is 32.1 Å². The van der Waals surface area contributed by atoms with Gasteiger partial charge >= 0.3 is 5.97 Å². The molecule has 0 saturated heterocycles. The highest BCUT2D eigenvalue weighted by atomic mass is 16.4. The van der Waals surface area contributed by atoms with E-state index in [9.17, 15) is 9.59 Å². The predicted octanol–water partition coefficient (Wildman–Crippen LogP) is 2.01. The number of carboxylic acids is 1. The number of hydrogen-bond acceptors (Lipinski definition) is 3. The van der Waals surface area contributed by atoms with Crippen molar-refractivity contribution in [2.75, 3.05) is 18.0 Å². The van der Waals surface area contributed by atoms with Crippen molar-refractivity contribution in [3.8, 4) is 0 Å². The highest BCUT2D eigenvalue weighted by molar-refractivity contribution is 5.97. The highest BCUT2D eigenvalue weighted by Crippen LogP contribution is 2.15. The van der Waals surface area contributed by atoms with Crippen LogP contribution in [-0.4, -0.2) is 30.1 Å². The standard InChI is InChI=1S/C15H22N2O3/c16-11-7-2-1-6-10-14(18)17(12-15(19)20)13-8-4-3-5-9-13/h3-5,8-9H,1-2,6-7,10-12,16H2,(H,19,20). The number of carboxylic acid groups (broad SMARTS) is 1. The molecular formula is C15H22N2O3. The molecule has 5 heteroatoms.